The van der Waals surface area contributed by atoms with E-state index in [-0.39, 0.29) is 21.4 Å². The van der Waals surface area contributed by atoms with Crippen LogP contribution in [0.4, 0.5) is 17.6 Å². The Labute approximate surface area is 111 Å². The number of alkyl halides is 4. The Balaban J connectivity index is 3.22. The van der Waals surface area contributed by atoms with Crippen molar-refractivity contribution in [3.05, 3.63) is 27.7 Å². The fourth-order valence-corrected chi connectivity index (χ4v) is 1.80. The monoisotopic (exact) mass is 305 g/mol. The zero-order valence-corrected chi connectivity index (χ0v) is 10.6. The average molecular weight is 306 g/mol. The van der Waals surface area contributed by atoms with Crippen molar-refractivity contribution in [1.82, 2.24) is 0 Å². The third-order valence-corrected chi connectivity index (χ3v) is 2.93. The summed E-state index contributed by atoms with van der Waals surface area (Å²) in [5, 5.41) is -0.263. The molecule has 0 radical (unpaired) electrons. The summed E-state index contributed by atoms with van der Waals surface area (Å²) in [7, 11) is 1.30. The standard InChI is InChI=1S/C10H9Cl2F4NO/c1-18-7-3-5(11)4(2-6(7)12)8(17)10(15,16)9(13)14/h2-3,8-9H,17H2,1H3. The van der Waals surface area contributed by atoms with E-state index in [1.807, 2.05) is 0 Å². The smallest absolute Gasteiger partial charge is 0.326 e. The van der Waals surface area contributed by atoms with Crippen molar-refractivity contribution < 1.29 is 22.3 Å². The number of rotatable bonds is 4. The molecular formula is C10H9Cl2F4NO. The average Bonchev–Trinajstić information content (AvgIpc) is 2.30. The molecule has 1 aromatic carbocycles. The minimum absolute atomic E-state index is 0.0441. The van der Waals surface area contributed by atoms with Gasteiger partial charge in [-0.3, -0.25) is 0 Å². The van der Waals surface area contributed by atoms with Gasteiger partial charge >= 0.3 is 12.3 Å². The van der Waals surface area contributed by atoms with Crippen LogP contribution in [0.1, 0.15) is 11.6 Å². The lowest BCUT2D eigenvalue weighted by atomic mass is 10.0. The summed E-state index contributed by atoms with van der Waals surface area (Å²) in [4.78, 5) is 0. The molecule has 0 aromatic heterocycles. The van der Waals surface area contributed by atoms with Gasteiger partial charge in [0.05, 0.1) is 12.1 Å². The highest BCUT2D eigenvalue weighted by molar-refractivity contribution is 6.34. The van der Waals surface area contributed by atoms with Crippen LogP contribution in [-0.2, 0) is 0 Å². The SMILES string of the molecule is COc1cc(Cl)c(C(N)C(F)(F)C(F)F)cc1Cl. The first-order chi connectivity index (χ1) is 8.21. The zero-order valence-electron chi connectivity index (χ0n) is 9.06. The van der Waals surface area contributed by atoms with Crippen molar-refractivity contribution in [2.45, 2.75) is 18.4 Å². The molecule has 0 heterocycles. The predicted molar refractivity (Wildman–Crippen MR) is 60.9 cm³/mol. The van der Waals surface area contributed by atoms with Gasteiger partial charge in [-0.1, -0.05) is 23.2 Å². The molecule has 1 unspecified atom stereocenters. The molecule has 0 aliphatic carbocycles. The van der Waals surface area contributed by atoms with Crippen LogP contribution in [0, 0.1) is 0 Å². The van der Waals surface area contributed by atoms with Gasteiger partial charge in [-0.05, 0) is 11.6 Å². The van der Waals surface area contributed by atoms with Gasteiger partial charge in [-0.15, -0.1) is 0 Å². The summed E-state index contributed by atoms with van der Waals surface area (Å²) in [5.74, 6) is -4.26. The molecule has 102 valence electrons. The van der Waals surface area contributed by atoms with Crippen molar-refractivity contribution in [2.24, 2.45) is 5.73 Å². The molecule has 1 atom stereocenters. The Morgan fingerprint density at radius 2 is 1.78 bits per heavy atom. The Kier molecular flexibility index (Phi) is 4.69. The van der Waals surface area contributed by atoms with E-state index in [4.69, 9.17) is 33.7 Å². The highest BCUT2D eigenvalue weighted by atomic mass is 35.5. The normalized spacial score (nSPS) is 13.8. The maximum Gasteiger partial charge on any atom is 0.326 e. The van der Waals surface area contributed by atoms with Crippen LogP contribution < -0.4 is 10.5 Å². The molecular weight excluding hydrogens is 297 g/mol. The molecule has 0 bridgehead atoms. The number of hydrogen-bond donors (Lipinski definition) is 1. The molecule has 0 saturated carbocycles. The van der Waals surface area contributed by atoms with E-state index in [9.17, 15) is 17.6 Å². The second kappa shape index (κ2) is 5.50. The minimum atomic E-state index is -4.40. The van der Waals surface area contributed by atoms with Crippen LogP contribution in [-0.4, -0.2) is 19.5 Å². The zero-order chi connectivity index (χ0) is 14.1. The molecule has 2 N–H and O–H groups in total. The third-order valence-electron chi connectivity index (χ3n) is 2.31. The molecule has 0 fully saturated rings. The Morgan fingerprint density at radius 3 is 2.22 bits per heavy atom. The number of hydrogen-bond acceptors (Lipinski definition) is 2. The van der Waals surface area contributed by atoms with Gasteiger partial charge in [0.25, 0.3) is 0 Å². The predicted octanol–water partition coefficient (Wildman–Crippen LogP) is 3.90. The van der Waals surface area contributed by atoms with Crippen LogP contribution in [0.5, 0.6) is 5.75 Å². The molecule has 0 aliphatic rings. The first-order valence-corrected chi connectivity index (χ1v) is 5.41. The maximum absolute atomic E-state index is 13.1. The van der Waals surface area contributed by atoms with E-state index in [1.165, 1.54) is 7.11 Å². The fourth-order valence-electron chi connectivity index (χ4n) is 1.28. The lowest BCUT2D eigenvalue weighted by molar-refractivity contribution is -0.144. The van der Waals surface area contributed by atoms with E-state index in [2.05, 4.69) is 0 Å². The van der Waals surface area contributed by atoms with Crippen LogP contribution in [0.2, 0.25) is 10.0 Å². The lowest BCUT2D eigenvalue weighted by Gasteiger charge is -2.24. The molecule has 0 amide bonds. The first-order valence-electron chi connectivity index (χ1n) is 4.66. The van der Waals surface area contributed by atoms with Gasteiger partial charge in [-0.2, -0.15) is 8.78 Å². The van der Waals surface area contributed by atoms with Crippen molar-refractivity contribution in [3.8, 4) is 5.75 Å². The second-order valence-corrected chi connectivity index (χ2v) is 4.28. The fraction of sp³-hybridized carbons (Fsp3) is 0.400. The molecule has 0 spiro atoms. The molecule has 8 heteroatoms. The highest BCUT2D eigenvalue weighted by Gasteiger charge is 2.48. The Hall–Kier alpha value is -0.720. The van der Waals surface area contributed by atoms with Gasteiger partial charge in [0.15, 0.2) is 0 Å². The molecule has 0 saturated heterocycles. The summed E-state index contributed by atoms with van der Waals surface area (Å²) >= 11 is 11.4. The van der Waals surface area contributed by atoms with Crippen molar-refractivity contribution >= 4 is 23.2 Å². The van der Waals surface area contributed by atoms with Gasteiger partial charge < -0.3 is 10.5 Å². The van der Waals surface area contributed by atoms with Gasteiger partial charge in [0.1, 0.15) is 11.8 Å². The van der Waals surface area contributed by atoms with Crippen LogP contribution in [0.15, 0.2) is 12.1 Å². The summed E-state index contributed by atoms with van der Waals surface area (Å²) < 4.78 is 55.4. The number of benzene rings is 1. The third kappa shape index (κ3) is 2.81. The maximum atomic E-state index is 13.1. The number of methoxy groups -OCH3 is 1. The summed E-state index contributed by atoms with van der Waals surface area (Å²) in [6, 6.07) is -0.127. The van der Waals surface area contributed by atoms with Crippen LogP contribution in [0.3, 0.4) is 0 Å². The minimum Gasteiger partial charge on any atom is -0.495 e. The number of ether oxygens (including phenoxy) is 1. The number of nitrogens with two attached hydrogens (primary N) is 1. The summed E-state index contributed by atoms with van der Waals surface area (Å²) in [5.41, 5.74) is 4.75. The van der Waals surface area contributed by atoms with Crippen molar-refractivity contribution in [2.75, 3.05) is 7.11 Å². The van der Waals surface area contributed by atoms with Gasteiger partial charge in [0, 0.05) is 11.1 Å². The summed E-state index contributed by atoms with van der Waals surface area (Å²) in [6.07, 6.45) is -3.90. The topological polar surface area (TPSA) is 35.2 Å². The van der Waals surface area contributed by atoms with E-state index >= 15 is 0 Å². The Bertz CT molecular complexity index is 442. The molecule has 1 aromatic rings. The largest absolute Gasteiger partial charge is 0.495 e. The van der Waals surface area contributed by atoms with Gasteiger partial charge in [-0.25, -0.2) is 8.78 Å². The highest BCUT2D eigenvalue weighted by Crippen LogP contribution is 2.40. The first kappa shape index (κ1) is 15.3. The summed E-state index contributed by atoms with van der Waals surface area (Å²) in [6.45, 7) is 0. The Morgan fingerprint density at radius 1 is 1.22 bits per heavy atom. The van der Waals surface area contributed by atoms with E-state index < -0.39 is 18.4 Å². The van der Waals surface area contributed by atoms with Crippen molar-refractivity contribution in [1.29, 1.82) is 0 Å². The lowest BCUT2D eigenvalue weighted by Crippen LogP contribution is -2.39. The quantitative estimate of drug-likeness (QED) is 0.856. The molecule has 1 rings (SSSR count). The van der Waals surface area contributed by atoms with Crippen LogP contribution in [0.25, 0.3) is 0 Å². The van der Waals surface area contributed by atoms with E-state index in [0.29, 0.717) is 0 Å². The van der Waals surface area contributed by atoms with Gasteiger partial charge in [0.2, 0.25) is 0 Å². The molecule has 2 nitrogen and oxygen atoms in total. The molecule has 18 heavy (non-hydrogen) atoms. The van der Waals surface area contributed by atoms with E-state index in [1.54, 1.807) is 0 Å². The second-order valence-electron chi connectivity index (χ2n) is 3.46. The van der Waals surface area contributed by atoms with E-state index in [0.717, 1.165) is 12.1 Å². The number of halogens is 6. The van der Waals surface area contributed by atoms with Crippen molar-refractivity contribution in [3.63, 3.8) is 0 Å². The van der Waals surface area contributed by atoms with Crippen LogP contribution >= 0.6 is 23.2 Å². The molecule has 0 aliphatic heterocycles.